The van der Waals surface area contributed by atoms with E-state index >= 15 is 0 Å². The maximum absolute atomic E-state index is 12.0. The number of rotatable bonds is 10. The molecule has 0 heterocycles. The van der Waals surface area contributed by atoms with E-state index < -0.39 is 5.97 Å². The maximum Gasteiger partial charge on any atom is 0.305 e. The molecule has 3 heteroatoms. The summed E-state index contributed by atoms with van der Waals surface area (Å²) in [6.45, 7) is 2.83. The number of hydrogen-bond donors (Lipinski definition) is 1. The Hall–Kier alpha value is -3.69. The Balaban J connectivity index is 1.72. The quantitative estimate of drug-likeness (QED) is 0.282. The molecule has 4 aromatic carbocycles. The molecule has 1 N–H and O–H groups in total. The molecule has 0 bridgehead atoms. The van der Waals surface area contributed by atoms with Gasteiger partial charge in [0.25, 0.3) is 0 Å². The fourth-order valence-electron chi connectivity index (χ4n) is 4.57. The molecule has 0 aliphatic heterocycles. The second-order valence-electron chi connectivity index (χ2n) is 8.77. The van der Waals surface area contributed by atoms with Crippen LogP contribution in [0.3, 0.4) is 0 Å². The molecule has 0 radical (unpaired) electrons. The van der Waals surface area contributed by atoms with Crippen molar-refractivity contribution in [3.05, 3.63) is 143 Å². The molecule has 1 unspecified atom stereocenters. The average Bonchev–Trinajstić information content (AvgIpc) is 2.87. The normalized spacial score (nSPS) is 12.9. The van der Waals surface area contributed by atoms with Gasteiger partial charge >= 0.3 is 5.97 Å². The molecule has 0 spiro atoms. The van der Waals surface area contributed by atoms with Crippen LogP contribution in [0.25, 0.3) is 0 Å². The van der Waals surface area contributed by atoms with Gasteiger partial charge in [0.1, 0.15) is 0 Å². The zero-order valence-corrected chi connectivity index (χ0v) is 19.5. The Morgan fingerprint density at radius 2 is 1.24 bits per heavy atom. The molecule has 172 valence electrons. The Kier molecular flexibility index (Phi) is 7.90. The van der Waals surface area contributed by atoms with Crippen LogP contribution in [0.1, 0.15) is 53.2 Å². The molecule has 34 heavy (non-hydrogen) atoms. The van der Waals surface area contributed by atoms with E-state index in [1.807, 2.05) is 42.5 Å². The lowest BCUT2D eigenvalue weighted by Crippen LogP contribution is -2.32. The van der Waals surface area contributed by atoms with Gasteiger partial charge in [-0.25, -0.2) is 0 Å². The zero-order chi connectivity index (χ0) is 23.8. The second kappa shape index (κ2) is 11.4. The molecule has 2 atom stereocenters. The van der Waals surface area contributed by atoms with Crippen LogP contribution in [0.5, 0.6) is 0 Å². The van der Waals surface area contributed by atoms with Crippen LogP contribution in [0.4, 0.5) is 0 Å². The van der Waals surface area contributed by atoms with Crippen LogP contribution < -0.4 is 0 Å². The Labute approximate surface area is 202 Å². The molecular weight excluding hydrogens is 418 g/mol. The molecule has 4 aromatic rings. The molecule has 0 aliphatic carbocycles. The van der Waals surface area contributed by atoms with Crippen LogP contribution in [-0.2, 0) is 17.8 Å². The lowest BCUT2D eigenvalue weighted by Gasteiger charge is -2.37. The Morgan fingerprint density at radius 1 is 0.706 bits per heavy atom. The summed E-state index contributed by atoms with van der Waals surface area (Å²) in [4.78, 5) is 14.4. The molecule has 0 amide bonds. The molecule has 3 nitrogen and oxygen atoms in total. The van der Waals surface area contributed by atoms with Crippen molar-refractivity contribution < 1.29 is 9.90 Å². The summed E-state index contributed by atoms with van der Waals surface area (Å²) in [6, 6.07) is 39.2. The molecule has 0 saturated carbocycles. The molecule has 0 saturated heterocycles. The summed E-state index contributed by atoms with van der Waals surface area (Å²) in [7, 11) is 0. The van der Waals surface area contributed by atoms with E-state index in [9.17, 15) is 9.90 Å². The first-order chi connectivity index (χ1) is 16.6. The number of nitrogens with zero attached hydrogens (tertiary/aromatic N) is 1. The van der Waals surface area contributed by atoms with E-state index in [-0.39, 0.29) is 18.5 Å². The van der Waals surface area contributed by atoms with E-state index in [1.165, 1.54) is 22.3 Å². The van der Waals surface area contributed by atoms with Crippen molar-refractivity contribution in [3.8, 4) is 0 Å². The largest absolute Gasteiger partial charge is 0.481 e. The monoisotopic (exact) mass is 449 g/mol. The minimum absolute atomic E-state index is 0.0405. The Morgan fingerprint density at radius 3 is 1.85 bits per heavy atom. The summed E-state index contributed by atoms with van der Waals surface area (Å²) >= 11 is 0. The van der Waals surface area contributed by atoms with Crippen molar-refractivity contribution >= 4 is 5.97 Å². The number of carbonyl (C=O) groups is 1. The van der Waals surface area contributed by atoms with E-state index in [4.69, 9.17) is 0 Å². The van der Waals surface area contributed by atoms with Crippen LogP contribution in [0, 0.1) is 0 Å². The third-order valence-electron chi connectivity index (χ3n) is 6.34. The summed E-state index contributed by atoms with van der Waals surface area (Å²) in [6.07, 6.45) is 0.861. The molecule has 0 aromatic heterocycles. The highest BCUT2D eigenvalue weighted by Crippen LogP contribution is 2.35. The van der Waals surface area contributed by atoms with E-state index in [0.717, 1.165) is 12.0 Å². The van der Waals surface area contributed by atoms with Gasteiger partial charge in [-0.3, -0.25) is 9.69 Å². The number of carboxylic acids is 1. The van der Waals surface area contributed by atoms with Crippen LogP contribution in [0.2, 0.25) is 0 Å². The predicted molar refractivity (Wildman–Crippen MR) is 138 cm³/mol. The standard InChI is InChI=1S/C31H31NO2/c1-24(28-17-9-4-10-18-28)32(23-26-14-7-3-8-15-26)30(22-31(33)34)29-19-11-16-27(21-29)20-25-12-5-2-6-13-25/h2-19,21,24,30H,20,22-23H2,1H3,(H,33,34)/t24-,30?/m1/s1. The van der Waals surface area contributed by atoms with Gasteiger partial charge in [-0.1, -0.05) is 115 Å². The first-order valence-corrected chi connectivity index (χ1v) is 11.8. The van der Waals surface area contributed by atoms with Crippen molar-refractivity contribution in [2.45, 2.75) is 38.4 Å². The number of benzene rings is 4. The van der Waals surface area contributed by atoms with Crippen LogP contribution >= 0.6 is 0 Å². The average molecular weight is 450 g/mol. The fraction of sp³-hybridized carbons (Fsp3) is 0.194. The third kappa shape index (κ3) is 6.21. The number of aliphatic carboxylic acids is 1. The second-order valence-corrected chi connectivity index (χ2v) is 8.77. The van der Waals surface area contributed by atoms with Crippen molar-refractivity contribution in [1.82, 2.24) is 4.90 Å². The summed E-state index contributed by atoms with van der Waals surface area (Å²) in [5.41, 5.74) is 5.81. The summed E-state index contributed by atoms with van der Waals surface area (Å²) < 4.78 is 0. The molecule has 4 rings (SSSR count). The van der Waals surface area contributed by atoms with Gasteiger partial charge in [0.15, 0.2) is 0 Å². The summed E-state index contributed by atoms with van der Waals surface area (Å²) in [5, 5.41) is 9.89. The summed E-state index contributed by atoms with van der Waals surface area (Å²) in [5.74, 6) is -0.795. The van der Waals surface area contributed by atoms with Gasteiger partial charge in [0.05, 0.1) is 6.42 Å². The number of carboxylic acid groups (broad SMARTS) is 1. The lowest BCUT2D eigenvalue weighted by atomic mass is 9.94. The van der Waals surface area contributed by atoms with Gasteiger partial charge < -0.3 is 5.11 Å². The van der Waals surface area contributed by atoms with E-state index in [2.05, 4.69) is 84.6 Å². The highest BCUT2D eigenvalue weighted by molar-refractivity contribution is 5.68. The first kappa shape index (κ1) is 23.5. The Bertz CT molecular complexity index is 1180. The molecule has 0 aliphatic rings. The highest BCUT2D eigenvalue weighted by atomic mass is 16.4. The smallest absolute Gasteiger partial charge is 0.305 e. The topological polar surface area (TPSA) is 40.5 Å². The van der Waals surface area contributed by atoms with Gasteiger partial charge in [-0.15, -0.1) is 0 Å². The van der Waals surface area contributed by atoms with Crippen LogP contribution in [0.15, 0.2) is 115 Å². The molecule has 0 fully saturated rings. The zero-order valence-electron chi connectivity index (χ0n) is 19.5. The maximum atomic E-state index is 12.0. The highest BCUT2D eigenvalue weighted by Gasteiger charge is 2.28. The van der Waals surface area contributed by atoms with Gasteiger partial charge in [-0.05, 0) is 41.2 Å². The van der Waals surface area contributed by atoms with Crippen molar-refractivity contribution in [2.75, 3.05) is 0 Å². The lowest BCUT2D eigenvalue weighted by molar-refractivity contribution is -0.138. The van der Waals surface area contributed by atoms with Gasteiger partial charge in [0.2, 0.25) is 0 Å². The number of hydrogen-bond acceptors (Lipinski definition) is 2. The van der Waals surface area contributed by atoms with E-state index in [1.54, 1.807) is 0 Å². The van der Waals surface area contributed by atoms with Crippen molar-refractivity contribution in [3.63, 3.8) is 0 Å². The minimum Gasteiger partial charge on any atom is -0.481 e. The first-order valence-electron chi connectivity index (χ1n) is 11.8. The molecular formula is C31H31NO2. The predicted octanol–water partition coefficient (Wildman–Crippen LogP) is 7.06. The van der Waals surface area contributed by atoms with Crippen molar-refractivity contribution in [1.29, 1.82) is 0 Å². The fourth-order valence-corrected chi connectivity index (χ4v) is 4.57. The van der Waals surface area contributed by atoms with Crippen molar-refractivity contribution in [2.24, 2.45) is 0 Å². The van der Waals surface area contributed by atoms with Gasteiger partial charge in [-0.2, -0.15) is 0 Å². The van der Waals surface area contributed by atoms with Gasteiger partial charge in [0, 0.05) is 18.6 Å². The minimum atomic E-state index is -0.795. The third-order valence-corrected chi connectivity index (χ3v) is 6.34. The SMILES string of the molecule is C[C@H](c1ccccc1)N(Cc1ccccc1)C(CC(=O)O)c1cccc(Cc2ccccc2)c1. The van der Waals surface area contributed by atoms with E-state index in [0.29, 0.717) is 6.54 Å². The van der Waals surface area contributed by atoms with Crippen LogP contribution in [-0.4, -0.2) is 16.0 Å².